The van der Waals surface area contributed by atoms with E-state index in [9.17, 15) is 4.79 Å². The van der Waals surface area contributed by atoms with E-state index < -0.39 is 0 Å². The third-order valence-electron chi connectivity index (χ3n) is 1.18. The minimum atomic E-state index is -0.274. The van der Waals surface area contributed by atoms with Crippen molar-refractivity contribution in [2.24, 2.45) is 0 Å². The normalized spacial score (nSPS) is 14.8. The minimum absolute atomic E-state index is 0.273. The van der Waals surface area contributed by atoms with Crippen molar-refractivity contribution in [3.05, 3.63) is 12.0 Å². The number of hydrogen-bond acceptors (Lipinski definition) is 4. The number of esters is 1. The lowest BCUT2D eigenvalue weighted by molar-refractivity contribution is -0.141. The molecule has 0 amide bonds. The number of rotatable bonds is 3. The predicted octanol–water partition coefficient (Wildman–Crippen LogP) is 0.785. The van der Waals surface area contributed by atoms with Crippen LogP contribution in [0.2, 0.25) is 0 Å². The fourth-order valence-corrected chi connectivity index (χ4v) is 0.697. The van der Waals surface area contributed by atoms with E-state index in [1.165, 1.54) is 13.2 Å². The number of carbonyl (C=O) groups excluding carboxylic acids is 1. The summed E-state index contributed by atoms with van der Waals surface area (Å²) in [5.41, 5.74) is 0. The van der Waals surface area contributed by atoms with Crippen LogP contribution in [0.3, 0.4) is 0 Å². The summed E-state index contributed by atoms with van der Waals surface area (Å²) < 4.78 is 14.5. The summed E-state index contributed by atoms with van der Waals surface area (Å²) in [5, 5.41) is 0. The molecule has 62 valence electrons. The molecule has 0 radical (unpaired) electrons. The highest BCUT2D eigenvalue weighted by atomic mass is 16.7. The third-order valence-corrected chi connectivity index (χ3v) is 1.18. The van der Waals surface area contributed by atoms with Crippen LogP contribution in [0.15, 0.2) is 12.0 Å². The molecule has 0 spiro atoms. The summed E-state index contributed by atoms with van der Waals surface area (Å²) in [5.74, 6) is 0.454. The van der Waals surface area contributed by atoms with Crippen LogP contribution < -0.4 is 0 Å². The van der Waals surface area contributed by atoms with E-state index in [2.05, 4.69) is 4.74 Å². The minimum Gasteiger partial charge on any atom is -0.465 e. The lowest BCUT2D eigenvalue weighted by Crippen LogP contribution is -2.01. The molecule has 0 bridgehead atoms. The zero-order valence-electron chi connectivity index (χ0n) is 6.33. The van der Waals surface area contributed by atoms with Crippen molar-refractivity contribution in [2.75, 3.05) is 13.4 Å². The van der Waals surface area contributed by atoms with Crippen LogP contribution in [0.4, 0.5) is 0 Å². The molecule has 0 fully saturated rings. The molecule has 0 saturated carbocycles. The molecule has 0 atom stereocenters. The van der Waals surface area contributed by atoms with E-state index in [-0.39, 0.29) is 12.8 Å². The highest BCUT2D eigenvalue weighted by molar-refractivity contribution is 5.65. The fourth-order valence-electron chi connectivity index (χ4n) is 0.697. The molecule has 11 heavy (non-hydrogen) atoms. The van der Waals surface area contributed by atoms with Gasteiger partial charge in [0.2, 0.25) is 6.79 Å². The third kappa shape index (κ3) is 2.93. The average molecular weight is 158 g/mol. The first-order chi connectivity index (χ1) is 5.29. The molecule has 1 aliphatic rings. The second kappa shape index (κ2) is 3.85. The molecular formula is C7H10O4. The maximum atomic E-state index is 10.3. The Bertz CT molecular complexity index is 173. The summed E-state index contributed by atoms with van der Waals surface area (Å²) >= 11 is 0. The van der Waals surface area contributed by atoms with Crippen LogP contribution in [-0.4, -0.2) is 19.4 Å². The molecule has 4 nitrogen and oxygen atoms in total. The summed E-state index contributed by atoms with van der Waals surface area (Å²) in [7, 11) is 0. The monoisotopic (exact) mass is 158 g/mol. The summed E-state index contributed by atoms with van der Waals surface area (Å²) in [6.45, 7) is 2.00. The van der Waals surface area contributed by atoms with E-state index >= 15 is 0 Å². The zero-order valence-corrected chi connectivity index (χ0v) is 6.33. The van der Waals surface area contributed by atoms with Gasteiger partial charge in [-0.1, -0.05) is 0 Å². The van der Waals surface area contributed by atoms with Crippen LogP contribution in [-0.2, 0) is 19.0 Å². The molecular weight excluding hydrogens is 148 g/mol. The zero-order chi connectivity index (χ0) is 8.10. The number of carbonyl (C=O) groups is 1. The highest BCUT2D eigenvalue weighted by Gasteiger charge is 2.05. The molecule has 0 saturated heterocycles. The van der Waals surface area contributed by atoms with E-state index in [1.54, 1.807) is 0 Å². The highest BCUT2D eigenvalue weighted by Crippen LogP contribution is 2.10. The van der Waals surface area contributed by atoms with Crippen molar-refractivity contribution in [1.29, 1.82) is 0 Å². The van der Waals surface area contributed by atoms with Gasteiger partial charge in [-0.3, -0.25) is 4.79 Å². The first kappa shape index (κ1) is 7.91. The largest absolute Gasteiger partial charge is 0.465 e. The van der Waals surface area contributed by atoms with Crippen molar-refractivity contribution in [2.45, 2.75) is 13.3 Å². The van der Waals surface area contributed by atoms with Gasteiger partial charge in [0.15, 0.2) is 0 Å². The average Bonchev–Trinajstić information content (AvgIpc) is 2.39. The molecule has 0 aromatic heterocycles. The first-order valence-corrected chi connectivity index (χ1v) is 3.36. The SMILES string of the molecule is CC(=O)OCCC1=COCO1. The van der Waals surface area contributed by atoms with Gasteiger partial charge in [-0.05, 0) is 0 Å². The first-order valence-electron chi connectivity index (χ1n) is 3.36. The lowest BCUT2D eigenvalue weighted by atomic mass is 10.4. The Morgan fingerprint density at radius 1 is 1.82 bits per heavy atom. The maximum Gasteiger partial charge on any atom is 0.302 e. The van der Waals surface area contributed by atoms with Crippen LogP contribution in [0, 0.1) is 0 Å². The summed E-state index contributed by atoms with van der Waals surface area (Å²) in [6.07, 6.45) is 2.11. The van der Waals surface area contributed by atoms with Gasteiger partial charge in [-0.15, -0.1) is 0 Å². The van der Waals surface area contributed by atoms with Gasteiger partial charge in [0.25, 0.3) is 0 Å². The topological polar surface area (TPSA) is 44.8 Å². The van der Waals surface area contributed by atoms with Gasteiger partial charge in [0.05, 0.1) is 6.61 Å². The molecule has 1 heterocycles. The van der Waals surface area contributed by atoms with Crippen LogP contribution >= 0.6 is 0 Å². The Kier molecular flexibility index (Phi) is 2.77. The number of ether oxygens (including phenoxy) is 3. The van der Waals surface area contributed by atoms with E-state index in [0.29, 0.717) is 13.0 Å². The van der Waals surface area contributed by atoms with Gasteiger partial charge >= 0.3 is 5.97 Å². The van der Waals surface area contributed by atoms with E-state index in [0.717, 1.165) is 5.76 Å². The molecule has 4 heteroatoms. The van der Waals surface area contributed by atoms with E-state index in [1.807, 2.05) is 0 Å². The molecule has 1 rings (SSSR count). The van der Waals surface area contributed by atoms with Gasteiger partial charge < -0.3 is 14.2 Å². The summed E-state index contributed by atoms with van der Waals surface area (Å²) in [6, 6.07) is 0. The van der Waals surface area contributed by atoms with Gasteiger partial charge in [-0.2, -0.15) is 0 Å². The van der Waals surface area contributed by atoms with Crippen LogP contribution in [0.25, 0.3) is 0 Å². The van der Waals surface area contributed by atoms with Crippen LogP contribution in [0.5, 0.6) is 0 Å². The molecule has 0 unspecified atom stereocenters. The molecule has 0 aromatic rings. The molecule has 1 aliphatic heterocycles. The quantitative estimate of drug-likeness (QED) is 0.569. The number of hydrogen-bond donors (Lipinski definition) is 0. The molecule has 0 aliphatic carbocycles. The van der Waals surface area contributed by atoms with Crippen molar-refractivity contribution in [3.63, 3.8) is 0 Å². The summed E-state index contributed by atoms with van der Waals surface area (Å²) in [4.78, 5) is 10.3. The fraction of sp³-hybridized carbons (Fsp3) is 0.571. The van der Waals surface area contributed by atoms with Crippen LogP contribution in [0.1, 0.15) is 13.3 Å². The Balaban J connectivity index is 2.07. The second-order valence-corrected chi connectivity index (χ2v) is 2.10. The van der Waals surface area contributed by atoms with Gasteiger partial charge in [0, 0.05) is 13.3 Å². The van der Waals surface area contributed by atoms with Gasteiger partial charge in [0.1, 0.15) is 12.0 Å². The van der Waals surface area contributed by atoms with Gasteiger partial charge in [-0.25, -0.2) is 0 Å². The van der Waals surface area contributed by atoms with Crippen molar-refractivity contribution >= 4 is 5.97 Å². The Hall–Kier alpha value is -1.19. The Morgan fingerprint density at radius 2 is 2.64 bits per heavy atom. The van der Waals surface area contributed by atoms with Crippen molar-refractivity contribution < 1.29 is 19.0 Å². The second-order valence-electron chi connectivity index (χ2n) is 2.10. The lowest BCUT2D eigenvalue weighted by Gasteiger charge is -2.00. The van der Waals surface area contributed by atoms with Crippen molar-refractivity contribution in [1.82, 2.24) is 0 Å². The standard InChI is InChI=1S/C7H10O4/c1-6(8)10-3-2-7-4-9-5-11-7/h4H,2-3,5H2,1H3. The van der Waals surface area contributed by atoms with E-state index in [4.69, 9.17) is 9.47 Å². The molecule has 0 N–H and O–H groups in total. The smallest absolute Gasteiger partial charge is 0.302 e. The Labute approximate surface area is 64.7 Å². The van der Waals surface area contributed by atoms with Crippen molar-refractivity contribution in [3.8, 4) is 0 Å². The predicted molar refractivity (Wildman–Crippen MR) is 36.4 cm³/mol. The maximum absolute atomic E-state index is 10.3. The Morgan fingerprint density at radius 3 is 3.18 bits per heavy atom. The molecule has 0 aromatic carbocycles.